The maximum atomic E-state index is 14.8. The summed E-state index contributed by atoms with van der Waals surface area (Å²) in [5, 5.41) is 4.87. The number of nitrogens with one attached hydrogen (secondary N) is 2. The Bertz CT molecular complexity index is 1270. The first-order valence-corrected chi connectivity index (χ1v) is 11.2. The monoisotopic (exact) mass is 469 g/mol. The Hall–Kier alpha value is -3.30. The molecule has 2 fully saturated rings. The fourth-order valence-electron chi connectivity index (χ4n) is 4.45. The second-order valence-corrected chi connectivity index (χ2v) is 8.50. The second-order valence-electron chi connectivity index (χ2n) is 8.50. The average Bonchev–Trinajstić information content (AvgIpc) is 3.21. The molecular formula is C25H27FN4O4. The third-order valence-electron chi connectivity index (χ3n) is 6.27. The van der Waals surface area contributed by atoms with Crippen LogP contribution < -0.4 is 10.6 Å². The number of ether oxygens (including phenoxy) is 1. The number of nitrogens with zero attached hydrogens (tertiary/aromatic N) is 2. The molecule has 3 aliphatic rings. The molecule has 5 rings (SSSR count). The minimum atomic E-state index is -2.33. The minimum absolute atomic E-state index is 0.0664. The molecule has 9 heteroatoms. The summed E-state index contributed by atoms with van der Waals surface area (Å²) in [4.78, 5) is 40.4. The van der Waals surface area contributed by atoms with Crippen molar-refractivity contribution in [2.45, 2.75) is 38.4 Å². The summed E-state index contributed by atoms with van der Waals surface area (Å²) in [5.74, 6) is -2.63. The van der Waals surface area contributed by atoms with Gasteiger partial charge in [0, 0.05) is 61.5 Å². The van der Waals surface area contributed by atoms with Crippen LogP contribution in [0.15, 0.2) is 36.4 Å². The molecule has 3 aliphatic heterocycles. The van der Waals surface area contributed by atoms with E-state index in [1.807, 2.05) is 0 Å². The number of fused-ring (bicyclic) bond motifs is 1. The minimum Gasteiger partial charge on any atom is -0.381 e. The van der Waals surface area contributed by atoms with Gasteiger partial charge < -0.3 is 15.0 Å². The van der Waals surface area contributed by atoms with E-state index in [0.29, 0.717) is 25.3 Å². The van der Waals surface area contributed by atoms with Crippen LogP contribution in [0.5, 0.6) is 0 Å². The van der Waals surface area contributed by atoms with Crippen LogP contribution in [0.1, 0.15) is 44.0 Å². The Kier molecular flexibility index (Phi) is 5.33. The zero-order valence-corrected chi connectivity index (χ0v) is 18.5. The van der Waals surface area contributed by atoms with Gasteiger partial charge in [-0.25, -0.2) is 4.39 Å². The topological polar surface area (TPSA) is 91.0 Å². The van der Waals surface area contributed by atoms with Gasteiger partial charge in [0.05, 0.1) is 17.3 Å². The molecule has 8 nitrogen and oxygen atoms in total. The predicted molar refractivity (Wildman–Crippen MR) is 122 cm³/mol. The number of hydrogen-bond donors (Lipinski definition) is 2. The molecule has 2 N–H and O–H groups in total. The number of anilines is 1. The van der Waals surface area contributed by atoms with Crippen LogP contribution in [0.3, 0.4) is 0 Å². The number of amides is 3. The zero-order chi connectivity index (χ0) is 26.4. The molecule has 0 spiro atoms. The molecule has 178 valence electrons. The molecule has 0 bridgehead atoms. The third-order valence-corrected chi connectivity index (χ3v) is 6.27. The molecule has 3 heterocycles. The van der Waals surface area contributed by atoms with E-state index in [-0.39, 0.29) is 36.2 Å². The standard InChI is InChI=1S/C25H27FN4O4/c26-20-5-4-16(14-29-8-10-34-11-9-29)12-17(20)13-27-21-3-1-2-18-19(21)15-30(25(18)33)22-6-7-23(31)28-24(22)32/h1-5,12,22,27H,6-11,13-15H2,(H,28,31,32)/i13D2,22D. The van der Waals surface area contributed by atoms with Crippen molar-refractivity contribution in [3.05, 3.63) is 64.5 Å². The molecule has 0 saturated carbocycles. The second kappa shape index (κ2) is 9.52. The molecule has 0 radical (unpaired) electrons. The number of rotatable bonds is 6. The first kappa shape index (κ1) is 19.1. The van der Waals surface area contributed by atoms with Crippen LogP contribution in [0.4, 0.5) is 10.1 Å². The van der Waals surface area contributed by atoms with Gasteiger partial charge in [-0.15, -0.1) is 0 Å². The number of hydrogen-bond acceptors (Lipinski definition) is 6. The number of carbonyl (C=O) groups excluding carboxylic acids is 3. The van der Waals surface area contributed by atoms with Crippen molar-refractivity contribution in [2.24, 2.45) is 0 Å². The highest BCUT2D eigenvalue weighted by atomic mass is 19.1. The van der Waals surface area contributed by atoms with E-state index in [0.717, 1.165) is 23.6 Å². The Morgan fingerprint density at radius 1 is 1.21 bits per heavy atom. The molecule has 2 saturated heterocycles. The lowest BCUT2D eigenvalue weighted by atomic mass is 10.0. The summed E-state index contributed by atoms with van der Waals surface area (Å²) < 4.78 is 46.2. The van der Waals surface area contributed by atoms with E-state index in [1.54, 1.807) is 18.2 Å². The summed E-state index contributed by atoms with van der Waals surface area (Å²) in [6.07, 6.45) is -0.203. The largest absolute Gasteiger partial charge is 0.381 e. The molecule has 34 heavy (non-hydrogen) atoms. The Morgan fingerprint density at radius 3 is 2.82 bits per heavy atom. The van der Waals surface area contributed by atoms with Crippen molar-refractivity contribution in [1.29, 1.82) is 0 Å². The van der Waals surface area contributed by atoms with Crippen molar-refractivity contribution < 1.29 is 27.6 Å². The van der Waals surface area contributed by atoms with E-state index in [1.165, 1.54) is 18.2 Å². The number of benzene rings is 2. The van der Waals surface area contributed by atoms with Gasteiger partial charge in [0.1, 0.15) is 11.8 Å². The molecule has 0 aromatic heterocycles. The van der Waals surface area contributed by atoms with Gasteiger partial charge in [0.25, 0.3) is 5.91 Å². The Labute approximate surface area is 201 Å². The van der Waals surface area contributed by atoms with E-state index >= 15 is 0 Å². The third kappa shape index (κ3) is 4.53. The predicted octanol–water partition coefficient (Wildman–Crippen LogP) is 2.03. The van der Waals surface area contributed by atoms with Crippen molar-refractivity contribution in [2.75, 3.05) is 31.6 Å². The molecular weight excluding hydrogens is 439 g/mol. The number of carbonyl (C=O) groups is 3. The van der Waals surface area contributed by atoms with Gasteiger partial charge in [-0.1, -0.05) is 12.1 Å². The first-order valence-electron chi connectivity index (χ1n) is 12.7. The zero-order valence-electron chi connectivity index (χ0n) is 21.5. The molecule has 1 unspecified atom stereocenters. The van der Waals surface area contributed by atoms with E-state index in [2.05, 4.69) is 15.5 Å². The van der Waals surface area contributed by atoms with Gasteiger partial charge >= 0.3 is 0 Å². The van der Waals surface area contributed by atoms with Gasteiger partial charge in [0.15, 0.2) is 0 Å². The highest BCUT2D eigenvalue weighted by Crippen LogP contribution is 2.32. The number of morpholine rings is 1. The van der Waals surface area contributed by atoms with Crippen molar-refractivity contribution >= 4 is 23.4 Å². The average molecular weight is 470 g/mol. The molecule has 3 amide bonds. The highest BCUT2D eigenvalue weighted by molar-refractivity contribution is 6.06. The number of imide groups is 1. The van der Waals surface area contributed by atoms with E-state index < -0.39 is 36.1 Å². The summed E-state index contributed by atoms with van der Waals surface area (Å²) in [6, 6.07) is 7.10. The van der Waals surface area contributed by atoms with Gasteiger partial charge in [0.2, 0.25) is 11.8 Å². The smallest absolute Gasteiger partial charge is 0.255 e. The summed E-state index contributed by atoms with van der Waals surface area (Å²) in [7, 11) is 0. The van der Waals surface area contributed by atoms with Crippen LogP contribution in [0.25, 0.3) is 0 Å². The van der Waals surface area contributed by atoms with Crippen LogP contribution in [0, 0.1) is 5.82 Å². The van der Waals surface area contributed by atoms with Crippen LogP contribution in [-0.4, -0.2) is 59.8 Å². The maximum absolute atomic E-state index is 14.8. The van der Waals surface area contributed by atoms with Crippen molar-refractivity contribution in [3.8, 4) is 0 Å². The Balaban J connectivity index is 1.40. The highest BCUT2D eigenvalue weighted by Gasteiger charge is 2.39. The fraction of sp³-hybridized carbons (Fsp3) is 0.400. The van der Waals surface area contributed by atoms with E-state index in [4.69, 9.17) is 8.85 Å². The van der Waals surface area contributed by atoms with Gasteiger partial charge in [-0.3, -0.25) is 24.6 Å². The number of halogens is 1. The van der Waals surface area contributed by atoms with Crippen molar-refractivity contribution in [3.63, 3.8) is 0 Å². The van der Waals surface area contributed by atoms with Crippen LogP contribution in [-0.2, 0) is 33.9 Å². The van der Waals surface area contributed by atoms with E-state index in [9.17, 15) is 18.8 Å². The van der Waals surface area contributed by atoms with Gasteiger partial charge in [-0.2, -0.15) is 0 Å². The lowest BCUT2D eigenvalue weighted by molar-refractivity contribution is -0.136. The molecule has 0 aliphatic carbocycles. The normalized spacial score (nSPS) is 24.8. The lowest BCUT2D eigenvalue weighted by Gasteiger charge is -2.29. The quantitative estimate of drug-likeness (QED) is 0.630. The summed E-state index contributed by atoms with van der Waals surface area (Å²) in [5.41, 5.74) is 1.47. The molecule has 2 aromatic rings. The van der Waals surface area contributed by atoms with Gasteiger partial charge in [-0.05, 0) is 36.2 Å². The molecule has 2 aromatic carbocycles. The Morgan fingerprint density at radius 2 is 2.03 bits per heavy atom. The van der Waals surface area contributed by atoms with Crippen LogP contribution >= 0.6 is 0 Å². The first-order chi connectivity index (χ1) is 17.6. The van der Waals surface area contributed by atoms with Crippen molar-refractivity contribution in [1.82, 2.24) is 15.1 Å². The SMILES string of the molecule is [2H]C([2H])(Nc1cccc2c1CN(C1([2H])CCC(=O)NC1=O)C2=O)c1cc(CN2CCOCC2)ccc1F. The lowest BCUT2D eigenvalue weighted by Crippen LogP contribution is -2.52. The maximum Gasteiger partial charge on any atom is 0.255 e. The number of piperidine rings is 1. The summed E-state index contributed by atoms with van der Waals surface area (Å²) >= 11 is 0. The van der Waals surface area contributed by atoms with Crippen LogP contribution in [0.2, 0.25) is 0 Å². The molecule has 1 atom stereocenters. The summed E-state index contributed by atoms with van der Waals surface area (Å²) in [6.45, 7) is 0.783. The fourth-order valence-corrected chi connectivity index (χ4v) is 4.45.